The zero-order valence-electron chi connectivity index (χ0n) is 13.6. The number of rotatable bonds is 5. The first kappa shape index (κ1) is 16.5. The van der Waals surface area contributed by atoms with E-state index in [-0.39, 0.29) is 17.9 Å². The first-order valence-corrected chi connectivity index (χ1v) is 8.56. The van der Waals surface area contributed by atoms with Gasteiger partial charge in [0.15, 0.2) is 0 Å². The Kier molecular flexibility index (Phi) is 6.68. The van der Waals surface area contributed by atoms with E-state index in [1.807, 2.05) is 13.8 Å². The van der Waals surface area contributed by atoms with Crippen LogP contribution in [0, 0.1) is 11.8 Å². The predicted octanol–water partition coefficient (Wildman–Crippen LogP) is 2.96. The van der Waals surface area contributed by atoms with Gasteiger partial charge in [-0.3, -0.25) is 9.79 Å². The largest absolute Gasteiger partial charge is 0.379 e. The van der Waals surface area contributed by atoms with Crippen LogP contribution in [-0.2, 0) is 9.53 Å². The van der Waals surface area contributed by atoms with E-state index >= 15 is 0 Å². The summed E-state index contributed by atoms with van der Waals surface area (Å²) in [5, 5.41) is 3.09. The van der Waals surface area contributed by atoms with E-state index in [4.69, 9.17) is 4.74 Å². The molecule has 1 aliphatic carbocycles. The van der Waals surface area contributed by atoms with Gasteiger partial charge >= 0.3 is 0 Å². The van der Waals surface area contributed by atoms with Crippen LogP contribution in [0.15, 0.2) is 4.99 Å². The molecule has 1 saturated carbocycles. The minimum atomic E-state index is -0.129. The van der Waals surface area contributed by atoms with E-state index in [0.717, 1.165) is 37.6 Å². The summed E-state index contributed by atoms with van der Waals surface area (Å²) < 4.78 is 5.41. The lowest BCUT2D eigenvalue weighted by atomic mass is 9.89. The molecule has 1 saturated heterocycles. The van der Waals surface area contributed by atoms with Gasteiger partial charge in [0.1, 0.15) is 0 Å². The van der Waals surface area contributed by atoms with E-state index in [2.05, 4.69) is 10.3 Å². The average Bonchev–Trinajstić information content (AvgIpc) is 2.53. The molecule has 2 aliphatic rings. The third-order valence-corrected chi connectivity index (χ3v) is 4.85. The van der Waals surface area contributed by atoms with Gasteiger partial charge in [-0.25, -0.2) is 0 Å². The highest BCUT2D eigenvalue weighted by molar-refractivity contribution is 6.02. The second-order valence-electron chi connectivity index (χ2n) is 6.63. The van der Waals surface area contributed by atoms with Crippen LogP contribution in [0.3, 0.4) is 0 Å². The molecule has 0 bridgehead atoms. The van der Waals surface area contributed by atoms with Gasteiger partial charge in [0.05, 0.1) is 18.6 Å². The molecule has 0 aromatic carbocycles. The topological polar surface area (TPSA) is 50.7 Å². The molecular formula is C17H30N2O2. The quantitative estimate of drug-likeness (QED) is 0.793. The van der Waals surface area contributed by atoms with Crippen molar-refractivity contribution >= 4 is 11.6 Å². The van der Waals surface area contributed by atoms with E-state index in [1.165, 1.54) is 32.1 Å². The lowest BCUT2D eigenvalue weighted by Crippen LogP contribution is -2.44. The van der Waals surface area contributed by atoms with Crippen molar-refractivity contribution in [3.8, 4) is 0 Å². The van der Waals surface area contributed by atoms with Crippen LogP contribution in [0.1, 0.15) is 58.8 Å². The maximum Gasteiger partial charge on any atom is 0.228 e. The molecule has 2 rings (SSSR count). The summed E-state index contributed by atoms with van der Waals surface area (Å²) in [5.41, 5.74) is 0.967. The molecule has 2 atom stereocenters. The van der Waals surface area contributed by atoms with Gasteiger partial charge in [-0.1, -0.05) is 19.3 Å². The SMILES string of the molecule is CC(=NCC1CCCCC1)C(C)C(=O)NC1CCCOC1. The molecule has 4 heteroatoms. The molecule has 2 fully saturated rings. The first-order valence-electron chi connectivity index (χ1n) is 8.56. The normalized spacial score (nSPS) is 26.4. The predicted molar refractivity (Wildman–Crippen MR) is 85.7 cm³/mol. The van der Waals surface area contributed by atoms with Crippen LogP contribution < -0.4 is 5.32 Å². The van der Waals surface area contributed by atoms with Crippen LogP contribution >= 0.6 is 0 Å². The fourth-order valence-corrected chi connectivity index (χ4v) is 3.15. The molecule has 0 aromatic rings. The summed E-state index contributed by atoms with van der Waals surface area (Å²) in [7, 11) is 0. The monoisotopic (exact) mass is 294 g/mol. The molecule has 4 nitrogen and oxygen atoms in total. The summed E-state index contributed by atoms with van der Waals surface area (Å²) in [5.74, 6) is 0.696. The molecule has 2 unspecified atom stereocenters. The van der Waals surface area contributed by atoms with Crippen LogP contribution in [0.2, 0.25) is 0 Å². The number of nitrogens with one attached hydrogen (secondary N) is 1. The molecular weight excluding hydrogens is 264 g/mol. The van der Waals surface area contributed by atoms with Gasteiger partial charge in [0, 0.05) is 18.9 Å². The summed E-state index contributed by atoms with van der Waals surface area (Å²) >= 11 is 0. The van der Waals surface area contributed by atoms with Crippen LogP contribution in [0.4, 0.5) is 0 Å². The number of nitrogens with zero attached hydrogens (tertiary/aromatic N) is 1. The Balaban J connectivity index is 1.76. The van der Waals surface area contributed by atoms with Crippen LogP contribution in [0.25, 0.3) is 0 Å². The second-order valence-corrected chi connectivity index (χ2v) is 6.63. The third kappa shape index (κ3) is 5.42. The van der Waals surface area contributed by atoms with E-state index in [1.54, 1.807) is 0 Å². The van der Waals surface area contributed by atoms with Gasteiger partial charge in [0.25, 0.3) is 0 Å². The molecule has 21 heavy (non-hydrogen) atoms. The van der Waals surface area contributed by atoms with Gasteiger partial charge in [-0.05, 0) is 45.4 Å². The average molecular weight is 294 g/mol. The molecule has 1 N–H and O–H groups in total. The van der Waals surface area contributed by atoms with Gasteiger partial charge < -0.3 is 10.1 Å². The van der Waals surface area contributed by atoms with Gasteiger partial charge in [0.2, 0.25) is 5.91 Å². The minimum absolute atomic E-state index is 0.0930. The van der Waals surface area contributed by atoms with E-state index in [0.29, 0.717) is 6.61 Å². The standard InChI is InChI=1S/C17H30N2O2/c1-13(17(20)19-16-9-6-10-21-12-16)14(2)18-11-15-7-4-3-5-8-15/h13,15-16H,3-12H2,1-2H3,(H,19,20). The van der Waals surface area contributed by atoms with E-state index in [9.17, 15) is 4.79 Å². The fourth-order valence-electron chi connectivity index (χ4n) is 3.15. The number of carbonyl (C=O) groups excluding carboxylic acids is 1. The zero-order chi connectivity index (χ0) is 15.1. The smallest absolute Gasteiger partial charge is 0.228 e. The van der Waals surface area contributed by atoms with E-state index < -0.39 is 0 Å². The highest BCUT2D eigenvalue weighted by atomic mass is 16.5. The first-order chi connectivity index (χ1) is 10.2. The Hall–Kier alpha value is -0.900. The summed E-state index contributed by atoms with van der Waals surface area (Å²) in [6.45, 7) is 6.32. The van der Waals surface area contributed by atoms with Crippen molar-refractivity contribution < 1.29 is 9.53 Å². The summed E-state index contributed by atoms with van der Waals surface area (Å²) in [6.07, 6.45) is 8.73. The Morgan fingerprint density at radius 1 is 1.24 bits per heavy atom. The van der Waals surface area contributed by atoms with Crippen LogP contribution in [0.5, 0.6) is 0 Å². The number of amides is 1. The highest BCUT2D eigenvalue weighted by Gasteiger charge is 2.22. The van der Waals surface area contributed by atoms with Gasteiger partial charge in [-0.2, -0.15) is 0 Å². The number of aliphatic imine (C=N–C) groups is 1. The fraction of sp³-hybridized carbons (Fsp3) is 0.882. The molecule has 0 radical (unpaired) electrons. The van der Waals surface area contributed by atoms with Crippen molar-refractivity contribution in [1.29, 1.82) is 0 Å². The second kappa shape index (κ2) is 8.52. The number of hydrogen-bond acceptors (Lipinski definition) is 3. The molecule has 0 aromatic heterocycles. The number of hydrogen-bond donors (Lipinski definition) is 1. The molecule has 1 amide bonds. The Morgan fingerprint density at radius 2 is 2.00 bits per heavy atom. The van der Waals surface area contributed by atoms with Gasteiger partial charge in [-0.15, -0.1) is 0 Å². The maximum absolute atomic E-state index is 12.3. The summed E-state index contributed by atoms with van der Waals surface area (Å²) in [6, 6.07) is 0.180. The van der Waals surface area contributed by atoms with Crippen molar-refractivity contribution in [3.05, 3.63) is 0 Å². The Morgan fingerprint density at radius 3 is 2.67 bits per heavy atom. The highest BCUT2D eigenvalue weighted by Crippen LogP contribution is 2.23. The molecule has 1 heterocycles. The zero-order valence-corrected chi connectivity index (χ0v) is 13.6. The van der Waals surface area contributed by atoms with Crippen molar-refractivity contribution in [1.82, 2.24) is 5.32 Å². The van der Waals surface area contributed by atoms with Crippen molar-refractivity contribution in [2.24, 2.45) is 16.8 Å². The molecule has 0 spiro atoms. The lowest BCUT2D eigenvalue weighted by Gasteiger charge is -2.25. The number of carbonyl (C=O) groups is 1. The minimum Gasteiger partial charge on any atom is -0.379 e. The number of ether oxygens (including phenoxy) is 1. The molecule has 120 valence electrons. The Labute approximate surface area is 128 Å². The molecule has 1 aliphatic heterocycles. The third-order valence-electron chi connectivity index (χ3n) is 4.85. The van der Waals surface area contributed by atoms with Crippen molar-refractivity contribution in [2.75, 3.05) is 19.8 Å². The summed E-state index contributed by atoms with van der Waals surface area (Å²) in [4.78, 5) is 16.9. The lowest BCUT2D eigenvalue weighted by molar-refractivity contribution is -0.124. The Bertz CT molecular complexity index is 356. The van der Waals surface area contributed by atoms with Crippen molar-refractivity contribution in [2.45, 2.75) is 64.8 Å². The maximum atomic E-state index is 12.3. The van der Waals surface area contributed by atoms with Crippen LogP contribution in [-0.4, -0.2) is 37.4 Å². The van der Waals surface area contributed by atoms with Crippen molar-refractivity contribution in [3.63, 3.8) is 0 Å².